The molecule has 2 heterocycles. The topological polar surface area (TPSA) is 76.3 Å². The number of nitrogen functional groups attached to an aromatic ring is 1. The van der Waals surface area contributed by atoms with Crippen molar-refractivity contribution in [2.45, 2.75) is 45.1 Å². The van der Waals surface area contributed by atoms with Gasteiger partial charge in [0.2, 0.25) is 5.88 Å². The molecular formula is C14H25N5O. The third-order valence-electron chi connectivity index (χ3n) is 3.88. The zero-order valence-electron chi connectivity index (χ0n) is 12.4. The van der Waals surface area contributed by atoms with Crippen molar-refractivity contribution in [1.29, 1.82) is 0 Å². The molecule has 3 N–H and O–H groups in total. The Morgan fingerprint density at radius 2 is 2.30 bits per heavy atom. The van der Waals surface area contributed by atoms with Crippen LogP contribution < -0.4 is 16.0 Å². The van der Waals surface area contributed by atoms with Crippen molar-refractivity contribution in [3.05, 3.63) is 11.9 Å². The maximum atomic E-state index is 5.95. The molecule has 0 saturated carbocycles. The van der Waals surface area contributed by atoms with E-state index in [-0.39, 0.29) is 0 Å². The fraction of sp³-hybridized carbons (Fsp3) is 0.714. The van der Waals surface area contributed by atoms with Crippen molar-refractivity contribution < 1.29 is 4.74 Å². The summed E-state index contributed by atoms with van der Waals surface area (Å²) in [4.78, 5) is 10.8. The zero-order chi connectivity index (χ0) is 14.4. The lowest BCUT2D eigenvalue weighted by atomic mass is 10.0. The first kappa shape index (κ1) is 15.0. The van der Waals surface area contributed by atoms with Gasteiger partial charge >= 0.3 is 0 Å². The number of hydrogen-bond donors (Lipinski definition) is 2. The summed E-state index contributed by atoms with van der Waals surface area (Å²) in [7, 11) is 2.16. The highest BCUT2D eigenvalue weighted by Crippen LogP contribution is 2.24. The smallest absolute Gasteiger partial charge is 0.221 e. The van der Waals surface area contributed by atoms with E-state index < -0.39 is 0 Å². The number of nitrogens with two attached hydrogens (primary N) is 1. The quantitative estimate of drug-likeness (QED) is 0.608. The third-order valence-corrected chi connectivity index (χ3v) is 3.88. The van der Waals surface area contributed by atoms with E-state index in [2.05, 4.69) is 34.3 Å². The number of likely N-dealkylation sites (N-methyl/N-ethyl adjacent to an activating group) is 1. The van der Waals surface area contributed by atoms with Crippen molar-refractivity contribution in [3.8, 4) is 5.88 Å². The summed E-state index contributed by atoms with van der Waals surface area (Å²) in [6, 6.07) is 0.475. The monoisotopic (exact) mass is 279 g/mol. The van der Waals surface area contributed by atoms with Crippen molar-refractivity contribution in [2.24, 2.45) is 5.84 Å². The Kier molecular flexibility index (Phi) is 5.55. The number of hydrazine groups is 1. The highest BCUT2D eigenvalue weighted by Gasteiger charge is 2.20. The fourth-order valence-corrected chi connectivity index (χ4v) is 2.65. The number of anilines is 1. The molecule has 1 aromatic heterocycles. The van der Waals surface area contributed by atoms with Crippen LogP contribution >= 0.6 is 0 Å². The SMILES string of the molecule is CCCc1c(NN)ncnc1OCC1CCCCN1C. The van der Waals surface area contributed by atoms with Crippen LogP contribution in [0, 0.1) is 0 Å². The van der Waals surface area contributed by atoms with Crippen LogP contribution in [0.3, 0.4) is 0 Å². The molecule has 6 heteroatoms. The van der Waals surface area contributed by atoms with Gasteiger partial charge in [0, 0.05) is 6.04 Å². The number of ether oxygens (including phenoxy) is 1. The molecule has 6 nitrogen and oxygen atoms in total. The number of hydrogen-bond acceptors (Lipinski definition) is 6. The van der Waals surface area contributed by atoms with Gasteiger partial charge in [0.1, 0.15) is 18.8 Å². The molecule has 0 aromatic carbocycles. The van der Waals surface area contributed by atoms with E-state index in [4.69, 9.17) is 10.6 Å². The zero-order valence-corrected chi connectivity index (χ0v) is 12.4. The summed E-state index contributed by atoms with van der Waals surface area (Å²) >= 11 is 0. The molecule has 0 spiro atoms. The predicted molar refractivity (Wildman–Crippen MR) is 79.6 cm³/mol. The molecule has 1 aromatic rings. The molecular weight excluding hydrogens is 254 g/mol. The fourth-order valence-electron chi connectivity index (χ4n) is 2.65. The predicted octanol–water partition coefficient (Wildman–Crippen LogP) is 1.58. The van der Waals surface area contributed by atoms with Gasteiger partial charge < -0.3 is 15.1 Å². The number of aromatic nitrogens is 2. The van der Waals surface area contributed by atoms with Gasteiger partial charge in [0.15, 0.2) is 0 Å². The Bertz CT molecular complexity index is 426. The van der Waals surface area contributed by atoms with Crippen molar-refractivity contribution in [1.82, 2.24) is 14.9 Å². The van der Waals surface area contributed by atoms with Crippen LogP contribution in [-0.2, 0) is 6.42 Å². The minimum atomic E-state index is 0.475. The number of rotatable bonds is 6. The second-order valence-electron chi connectivity index (χ2n) is 5.34. The van der Waals surface area contributed by atoms with Gasteiger partial charge in [-0.15, -0.1) is 0 Å². The molecule has 112 valence electrons. The molecule has 1 aliphatic heterocycles. The van der Waals surface area contributed by atoms with Crippen LogP contribution in [0.4, 0.5) is 5.82 Å². The molecule has 1 unspecified atom stereocenters. The number of piperidine rings is 1. The van der Waals surface area contributed by atoms with E-state index in [1.165, 1.54) is 25.6 Å². The van der Waals surface area contributed by atoms with Gasteiger partial charge in [-0.25, -0.2) is 15.8 Å². The Labute approximate surface area is 120 Å². The molecule has 1 fully saturated rings. The number of likely N-dealkylation sites (tertiary alicyclic amines) is 1. The average molecular weight is 279 g/mol. The van der Waals surface area contributed by atoms with Crippen LogP contribution in [0.2, 0.25) is 0 Å². The van der Waals surface area contributed by atoms with E-state index in [1.54, 1.807) is 0 Å². The lowest BCUT2D eigenvalue weighted by Gasteiger charge is -2.32. The van der Waals surface area contributed by atoms with Crippen molar-refractivity contribution >= 4 is 5.82 Å². The molecule has 0 aliphatic carbocycles. The first-order valence-corrected chi connectivity index (χ1v) is 7.39. The van der Waals surface area contributed by atoms with Gasteiger partial charge in [-0.2, -0.15) is 0 Å². The van der Waals surface area contributed by atoms with Crippen LogP contribution in [0.5, 0.6) is 5.88 Å². The van der Waals surface area contributed by atoms with Crippen LogP contribution in [0.1, 0.15) is 38.2 Å². The Morgan fingerprint density at radius 1 is 1.45 bits per heavy atom. The van der Waals surface area contributed by atoms with Gasteiger partial charge in [-0.05, 0) is 32.9 Å². The van der Waals surface area contributed by atoms with E-state index in [0.29, 0.717) is 24.3 Å². The molecule has 0 bridgehead atoms. The second kappa shape index (κ2) is 7.40. The largest absolute Gasteiger partial charge is 0.476 e. The summed E-state index contributed by atoms with van der Waals surface area (Å²) < 4.78 is 5.95. The molecule has 0 amide bonds. The lowest BCUT2D eigenvalue weighted by Crippen LogP contribution is -2.40. The van der Waals surface area contributed by atoms with Crippen molar-refractivity contribution in [2.75, 3.05) is 25.6 Å². The molecule has 1 atom stereocenters. The highest BCUT2D eigenvalue weighted by atomic mass is 16.5. The van der Waals surface area contributed by atoms with E-state index >= 15 is 0 Å². The van der Waals surface area contributed by atoms with Gasteiger partial charge in [-0.3, -0.25) is 0 Å². The molecule has 20 heavy (non-hydrogen) atoms. The normalized spacial score (nSPS) is 19.9. The molecule has 1 saturated heterocycles. The second-order valence-corrected chi connectivity index (χ2v) is 5.34. The van der Waals surface area contributed by atoms with E-state index in [1.807, 2.05) is 0 Å². The maximum Gasteiger partial charge on any atom is 0.221 e. The van der Waals surface area contributed by atoms with Crippen molar-refractivity contribution in [3.63, 3.8) is 0 Å². The van der Waals surface area contributed by atoms with Crippen LogP contribution in [-0.4, -0.2) is 41.1 Å². The number of nitrogens with zero attached hydrogens (tertiary/aromatic N) is 3. The maximum absolute atomic E-state index is 5.95. The first-order valence-electron chi connectivity index (χ1n) is 7.39. The summed E-state index contributed by atoms with van der Waals surface area (Å²) in [5.41, 5.74) is 3.59. The highest BCUT2D eigenvalue weighted by molar-refractivity contribution is 5.47. The van der Waals surface area contributed by atoms with E-state index in [0.717, 1.165) is 24.9 Å². The average Bonchev–Trinajstić information content (AvgIpc) is 2.47. The summed E-state index contributed by atoms with van der Waals surface area (Å²) in [5, 5.41) is 0. The third kappa shape index (κ3) is 3.58. The van der Waals surface area contributed by atoms with Crippen LogP contribution in [0.25, 0.3) is 0 Å². The van der Waals surface area contributed by atoms with E-state index in [9.17, 15) is 0 Å². The molecule has 2 rings (SSSR count). The van der Waals surface area contributed by atoms with Crippen LogP contribution in [0.15, 0.2) is 6.33 Å². The van der Waals surface area contributed by atoms with Gasteiger partial charge in [0.25, 0.3) is 0 Å². The van der Waals surface area contributed by atoms with Gasteiger partial charge in [-0.1, -0.05) is 19.8 Å². The minimum absolute atomic E-state index is 0.475. The summed E-state index contributed by atoms with van der Waals surface area (Å²) in [6.07, 6.45) is 7.10. The molecule has 0 radical (unpaired) electrons. The van der Waals surface area contributed by atoms with Gasteiger partial charge in [0.05, 0.1) is 5.56 Å². The number of nitrogens with one attached hydrogen (secondary N) is 1. The standard InChI is InChI=1S/C14H25N5O/c1-3-6-12-13(18-15)16-10-17-14(12)20-9-11-7-4-5-8-19(11)2/h10-11H,3-9,15H2,1-2H3,(H,16,17,18). The minimum Gasteiger partial charge on any atom is -0.476 e. The Balaban J connectivity index is 2.04. The summed E-state index contributed by atoms with van der Waals surface area (Å²) in [5.74, 6) is 6.83. The summed E-state index contributed by atoms with van der Waals surface area (Å²) in [6.45, 7) is 3.94. The first-order chi connectivity index (χ1) is 9.76. The Hall–Kier alpha value is -1.40. The molecule has 1 aliphatic rings. The Morgan fingerprint density at radius 3 is 3.00 bits per heavy atom. The lowest BCUT2D eigenvalue weighted by molar-refractivity contribution is 0.122.